The van der Waals surface area contributed by atoms with Gasteiger partial charge in [0.25, 0.3) is 0 Å². The van der Waals surface area contributed by atoms with Crippen molar-refractivity contribution in [3.8, 4) is 26.7 Å². The zero-order valence-electron chi connectivity index (χ0n) is 20.8. The van der Waals surface area contributed by atoms with Gasteiger partial charge in [-0.3, -0.25) is 4.90 Å². The second-order valence-corrected chi connectivity index (χ2v) is 10.8. The molecule has 0 aliphatic heterocycles. The van der Waals surface area contributed by atoms with Crippen molar-refractivity contribution in [1.82, 2.24) is 14.7 Å². The van der Waals surface area contributed by atoms with Gasteiger partial charge < -0.3 is 0 Å². The summed E-state index contributed by atoms with van der Waals surface area (Å²) >= 11 is 10.1. The van der Waals surface area contributed by atoms with E-state index in [0.29, 0.717) is 5.02 Å². The minimum atomic E-state index is 0.686. The van der Waals surface area contributed by atoms with Crippen LogP contribution < -0.4 is 0 Å². The average Bonchev–Trinajstić information content (AvgIpc) is 3.53. The number of benzene rings is 3. The molecular weight excluding hydrogens is 502 g/mol. The van der Waals surface area contributed by atoms with Crippen LogP contribution in [-0.4, -0.2) is 34.2 Å². The smallest absolute Gasteiger partial charge is 0.0844 e. The zero-order valence-corrected chi connectivity index (χ0v) is 23.2. The van der Waals surface area contributed by atoms with E-state index in [2.05, 4.69) is 78.7 Å². The summed E-state index contributed by atoms with van der Waals surface area (Å²) in [6, 6.07) is 35.4. The SMILES string of the molecule is CN(Cc1ccccc1)Cc1cc(-c2ccc(-c3ccccc3)s2)n(-c2ccccc2Cl)n1.CSC. The van der Waals surface area contributed by atoms with Crippen LogP contribution in [0.5, 0.6) is 0 Å². The van der Waals surface area contributed by atoms with E-state index >= 15 is 0 Å². The van der Waals surface area contributed by atoms with Crippen LogP contribution in [0.3, 0.4) is 0 Å². The number of hydrogen-bond donors (Lipinski definition) is 0. The molecule has 36 heavy (non-hydrogen) atoms. The Labute approximate surface area is 227 Å². The predicted molar refractivity (Wildman–Crippen MR) is 158 cm³/mol. The molecular formula is C30H30ClN3S2. The van der Waals surface area contributed by atoms with Crippen molar-refractivity contribution in [3.05, 3.63) is 119 Å². The molecule has 0 fully saturated rings. The Balaban J connectivity index is 0.000000967. The molecule has 0 N–H and O–H groups in total. The van der Waals surface area contributed by atoms with Gasteiger partial charge in [-0.25, -0.2) is 4.68 Å². The first-order valence-corrected chi connectivity index (χ1v) is 14.5. The van der Waals surface area contributed by atoms with Crippen LogP contribution in [0, 0.1) is 0 Å². The second kappa shape index (κ2) is 12.9. The molecule has 0 bridgehead atoms. The molecule has 184 valence electrons. The van der Waals surface area contributed by atoms with Gasteiger partial charge in [-0.2, -0.15) is 16.9 Å². The lowest BCUT2D eigenvalue weighted by molar-refractivity contribution is 0.314. The van der Waals surface area contributed by atoms with Crippen molar-refractivity contribution in [3.63, 3.8) is 0 Å². The molecule has 2 aromatic heterocycles. The Morgan fingerprint density at radius 1 is 0.806 bits per heavy atom. The molecule has 0 aliphatic carbocycles. The molecule has 0 saturated carbocycles. The van der Waals surface area contributed by atoms with Crippen molar-refractivity contribution in [2.24, 2.45) is 0 Å². The first-order valence-electron chi connectivity index (χ1n) is 11.7. The summed E-state index contributed by atoms with van der Waals surface area (Å²) in [5.74, 6) is 0. The summed E-state index contributed by atoms with van der Waals surface area (Å²) in [5.41, 5.74) is 5.47. The summed E-state index contributed by atoms with van der Waals surface area (Å²) in [6.45, 7) is 1.61. The van der Waals surface area contributed by atoms with E-state index in [1.54, 1.807) is 23.1 Å². The summed E-state index contributed by atoms with van der Waals surface area (Å²) < 4.78 is 1.98. The first-order chi connectivity index (χ1) is 17.6. The molecule has 0 atom stereocenters. The van der Waals surface area contributed by atoms with Crippen LogP contribution in [0.1, 0.15) is 11.3 Å². The van der Waals surface area contributed by atoms with Gasteiger partial charge in [-0.15, -0.1) is 11.3 Å². The van der Waals surface area contributed by atoms with E-state index < -0.39 is 0 Å². The Morgan fingerprint density at radius 3 is 2.11 bits per heavy atom. The number of aromatic nitrogens is 2. The third-order valence-electron chi connectivity index (χ3n) is 5.48. The van der Waals surface area contributed by atoms with Gasteiger partial charge in [-0.1, -0.05) is 84.4 Å². The lowest BCUT2D eigenvalue weighted by Crippen LogP contribution is -2.17. The van der Waals surface area contributed by atoms with Crippen LogP contribution in [-0.2, 0) is 13.1 Å². The summed E-state index contributed by atoms with van der Waals surface area (Å²) in [4.78, 5) is 4.68. The average molecular weight is 532 g/mol. The minimum Gasteiger partial charge on any atom is -0.296 e. The molecule has 6 heteroatoms. The number of thioether (sulfide) groups is 1. The highest BCUT2D eigenvalue weighted by Crippen LogP contribution is 2.36. The molecule has 0 unspecified atom stereocenters. The fraction of sp³-hybridized carbons (Fsp3) is 0.167. The third-order valence-corrected chi connectivity index (χ3v) is 6.96. The monoisotopic (exact) mass is 531 g/mol. The number of rotatable bonds is 7. The van der Waals surface area contributed by atoms with Crippen molar-refractivity contribution in [2.45, 2.75) is 13.1 Å². The van der Waals surface area contributed by atoms with Gasteiger partial charge in [0, 0.05) is 18.0 Å². The largest absolute Gasteiger partial charge is 0.296 e. The van der Waals surface area contributed by atoms with Crippen molar-refractivity contribution in [1.29, 1.82) is 0 Å². The maximum Gasteiger partial charge on any atom is 0.0844 e. The molecule has 0 aliphatic rings. The molecule has 0 saturated heterocycles. The molecule has 2 heterocycles. The zero-order chi connectivity index (χ0) is 25.3. The number of hydrogen-bond acceptors (Lipinski definition) is 4. The summed E-state index contributed by atoms with van der Waals surface area (Å²) in [6.07, 6.45) is 4.08. The lowest BCUT2D eigenvalue weighted by atomic mass is 10.2. The fourth-order valence-corrected chi connectivity index (χ4v) is 5.18. The van der Waals surface area contributed by atoms with E-state index in [1.165, 1.54) is 20.9 Å². The van der Waals surface area contributed by atoms with E-state index in [-0.39, 0.29) is 0 Å². The van der Waals surface area contributed by atoms with Crippen molar-refractivity contribution >= 4 is 34.7 Å². The van der Waals surface area contributed by atoms with Gasteiger partial charge in [0.15, 0.2) is 0 Å². The number of halogens is 1. The third kappa shape index (κ3) is 6.68. The Morgan fingerprint density at radius 2 is 1.42 bits per heavy atom. The normalized spacial score (nSPS) is 10.8. The lowest BCUT2D eigenvalue weighted by Gasteiger charge is -2.15. The fourth-order valence-electron chi connectivity index (χ4n) is 3.95. The molecule has 3 nitrogen and oxygen atoms in total. The van der Waals surface area contributed by atoms with Gasteiger partial charge >= 0.3 is 0 Å². The van der Waals surface area contributed by atoms with Crippen LogP contribution in [0.25, 0.3) is 26.7 Å². The Bertz CT molecular complexity index is 1360. The van der Waals surface area contributed by atoms with Crippen LogP contribution in [0.2, 0.25) is 5.02 Å². The van der Waals surface area contributed by atoms with Crippen molar-refractivity contribution in [2.75, 3.05) is 19.6 Å². The van der Waals surface area contributed by atoms with E-state index in [0.717, 1.165) is 30.2 Å². The molecule has 5 aromatic rings. The second-order valence-electron chi connectivity index (χ2n) is 8.48. The number of para-hydroxylation sites is 1. The highest BCUT2D eigenvalue weighted by molar-refractivity contribution is 7.97. The summed E-state index contributed by atoms with van der Waals surface area (Å²) in [5, 5.41) is 5.66. The van der Waals surface area contributed by atoms with E-state index in [1.807, 2.05) is 53.6 Å². The quantitative estimate of drug-likeness (QED) is 0.210. The Hall–Kier alpha value is -2.83. The molecule has 0 amide bonds. The van der Waals surface area contributed by atoms with Gasteiger partial charge in [0.05, 0.1) is 27.0 Å². The molecule has 0 radical (unpaired) electrons. The van der Waals surface area contributed by atoms with Crippen LogP contribution in [0.15, 0.2) is 103 Å². The first kappa shape index (κ1) is 26.2. The standard InChI is InChI=1S/C28H24ClN3S.C2H6S/c1-31(19-21-10-4-2-5-11-21)20-23-18-26(32(30-23)25-15-9-8-14-24(25)29)28-17-16-27(33-28)22-12-6-3-7-13-22;1-3-2/h2-18H,19-20H2,1H3;1-2H3. The highest BCUT2D eigenvalue weighted by Gasteiger charge is 2.17. The van der Waals surface area contributed by atoms with Crippen molar-refractivity contribution < 1.29 is 0 Å². The van der Waals surface area contributed by atoms with Gasteiger partial charge in [0.2, 0.25) is 0 Å². The molecule has 5 rings (SSSR count). The highest BCUT2D eigenvalue weighted by atomic mass is 35.5. The van der Waals surface area contributed by atoms with Gasteiger partial charge in [-0.05, 0) is 61.0 Å². The van der Waals surface area contributed by atoms with E-state index in [4.69, 9.17) is 16.7 Å². The predicted octanol–water partition coefficient (Wildman–Crippen LogP) is 8.53. The van der Waals surface area contributed by atoms with Gasteiger partial charge in [0.1, 0.15) is 0 Å². The number of thiophene rings is 1. The van der Waals surface area contributed by atoms with Crippen LogP contribution in [0.4, 0.5) is 0 Å². The topological polar surface area (TPSA) is 21.1 Å². The maximum atomic E-state index is 6.57. The molecule has 3 aromatic carbocycles. The minimum absolute atomic E-state index is 0.686. The maximum absolute atomic E-state index is 6.57. The summed E-state index contributed by atoms with van der Waals surface area (Å²) in [7, 11) is 2.12. The van der Waals surface area contributed by atoms with E-state index in [9.17, 15) is 0 Å². The molecule has 0 spiro atoms. The Kier molecular flexibility index (Phi) is 9.42. The van der Waals surface area contributed by atoms with Crippen LogP contribution >= 0.6 is 34.7 Å². The number of nitrogens with zero attached hydrogens (tertiary/aromatic N) is 3.